The van der Waals surface area contributed by atoms with E-state index in [1.807, 2.05) is 29.2 Å². The zero-order valence-electron chi connectivity index (χ0n) is 17.3. The second-order valence-corrected chi connectivity index (χ2v) is 8.32. The molecule has 1 aromatic carbocycles. The number of amides is 1. The van der Waals surface area contributed by atoms with Crippen molar-refractivity contribution in [2.45, 2.75) is 38.6 Å². The summed E-state index contributed by atoms with van der Waals surface area (Å²) >= 11 is 0. The minimum atomic E-state index is 0.0194. The van der Waals surface area contributed by atoms with Gasteiger partial charge in [0, 0.05) is 31.1 Å². The lowest BCUT2D eigenvalue weighted by Gasteiger charge is -2.42. The van der Waals surface area contributed by atoms with Crippen molar-refractivity contribution in [3.05, 3.63) is 48.2 Å². The molecule has 1 aliphatic carbocycles. The lowest BCUT2D eigenvalue weighted by molar-refractivity contribution is 0.0724. The summed E-state index contributed by atoms with van der Waals surface area (Å²) in [6.07, 6.45) is 6.91. The molecule has 1 unspecified atom stereocenters. The van der Waals surface area contributed by atoms with Gasteiger partial charge in [-0.05, 0) is 49.4 Å². The van der Waals surface area contributed by atoms with Crippen LogP contribution in [0, 0.1) is 5.41 Å². The summed E-state index contributed by atoms with van der Waals surface area (Å²) in [5.41, 5.74) is 2.38. The average molecular weight is 406 g/mol. The van der Waals surface area contributed by atoms with Gasteiger partial charge < -0.3 is 14.2 Å². The topological polar surface area (TPSA) is 88.9 Å². The third-order valence-electron chi connectivity index (χ3n) is 6.83. The molecule has 1 spiro atoms. The minimum absolute atomic E-state index is 0.0194. The smallest absolute Gasteiger partial charge is 0.257 e. The van der Waals surface area contributed by atoms with Crippen LogP contribution in [-0.2, 0) is 6.54 Å². The van der Waals surface area contributed by atoms with Crippen molar-refractivity contribution >= 4 is 5.91 Å². The highest BCUT2D eigenvalue weighted by Gasteiger charge is 2.53. The predicted octanol–water partition coefficient (Wildman–Crippen LogP) is 3.11. The predicted molar refractivity (Wildman–Crippen MR) is 111 cm³/mol. The van der Waals surface area contributed by atoms with Crippen LogP contribution in [0.2, 0.25) is 0 Å². The van der Waals surface area contributed by atoms with E-state index < -0.39 is 0 Å². The molecule has 8 nitrogen and oxygen atoms in total. The van der Waals surface area contributed by atoms with E-state index in [9.17, 15) is 4.79 Å². The first-order valence-corrected chi connectivity index (χ1v) is 10.5. The molecule has 0 radical (unpaired) electrons. The highest BCUT2D eigenvalue weighted by Crippen LogP contribution is 2.55. The molecule has 0 bridgehead atoms. The van der Waals surface area contributed by atoms with Crippen molar-refractivity contribution in [1.29, 1.82) is 0 Å². The van der Waals surface area contributed by atoms with E-state index in [-0.39, 0.29) is 17.2 Å². The molecule has 2 aliphatic rings. The summed E-state index contributed by atoms with van der Waals surface area (Å²) in [4.78, 5) is 15.5. The SMILES string of the molecule is CCn1cnnc1C1CN(C(=O)c2cn[nH]c2-c2ccc(OC)cc2)CC12CCC2. The molecule has 5 rings (SSSR count). The number of methoxy groups -OCH3 is 1. The maximum Gasteiger partial charge on any atom is 0.257 e. The van der Waals surface area contributed by atoms with Gasteiger partial charge in [0.25, 0.3) is 5.91 Å². The minimum Gasteiger partial charge on any atom is -0.497 e. The number of hydrogen-bond donors (Lipinski definition) is 1. The maximum absolute atomic E-state index is 13.5. The van der Waals surface area contributed by atoms with E-state index in [1.165, 1.54) is 6.42 Å². The number of hydrogen-bond acceptors (Lipinski definition) is 5. The number of nitrogens with zero attached hydrogens (tertiary/aromatic N) is 5. The number of aryl methyl sites for hydroxylation is 1. The zero-order chi connectivity index (χ0) is 20.7. The van der Waals surface area contributed by atoms with Gasteiger partial charge in [0.15, 0.2) is 0 Å². The normalized spacial score (nSPS) is 19.8. The van der Waals surface area contributed by atoms with Gasteiger partial charge in [-0.1, -0.05) is 6.42 Å². The van der Waals surface area contributed by atoms with E-state index in [2.05, 4.69) is 31.9 Å². The van der Waals surface area contributed by atoms with Crippen LogP contribution < -0.4 is 4.74 Å². The molecule has 1 atom stereocenters. The summed E-state index contributed by atoms with van der Waals surface area (Å²) in [5.74, 6) is 2.04. The standard InChI is InChI=1S/C22H26N6O2/c1-3-27-14-24-26-20(27)18-12-28(13-22(18)9-4-10-22)21(29)17-11-23-25-19(17)15-5-7-16(30-2)8-6-15/h5-8,11,14,18H,3-4,9-10,12-13H2,1-2H3,(H,23,25). The Labute approximate surface area is 175 Å². The van der Waals surface area contributed by atoms with E-state index in [1.54, 1.807) is 19.6 Å². The molecule has 3 aromatic rings. The Kier molecular flexibility index (Phi) is 4.56. The maximum atomic E-state index is 13.5. The van der Waals surface area contributed by atoms with Gasteiger partial charge in [0.1, 0.15) is 17.9 Å². The highest BCUT2D eigenvalue weighted by atomic mass is 16.5. The number of nitrogens with one attached hydrogen (secondary N) is 1. The molecule has 30 heavy (non-hydrogen) atoms. The molecular formula is C22H26N6O2. The monoisotopic (exact) mass is 406 g/mol. The Morgan fingerprint density at radius 3 is 2.77 bits per heavy atom. The first-order valence-electron chi connectivity index (χ1n) is 10.5. The zero-order valence-corrected chi connectivity index (χ0v) is 17.3. The number of rotatable bonds is 5. The molecule has 1 N–H and O–H groups in total. The summed E-state index contributed by atoms with van der Waals surface area (Å²) in [7, 11) is 1.64. The number of aromatic nitrogens is 5. The van der Waals surface area contributed by atoms with Crippen molar-refractivity contribution in [2.75, 3.05) is 20.2 Å². The summed E-state index contributed by atoms with van der Waals surface area (Å²) in [6, 6.07) is 7.65. The van der Waals surface area contributed by atoms with E-state index in [4.69, 9.17) is 4.74 Å². The molecule has 1 saturated carbocycles. The van der Waals surface area contributed by atoms with Crippen LogP contribution in [0.15, 0.2) is 36.8 Å². The third kappa shape index (κ3) is 2.89. The second kappa shape index (κ2) is 7.27. The summed E-state index contributed by atoms with van der Waals surface area (Å²) in [6.45, 7) is 4.38. The van der Waals surface area contributed by atoms with Gasteiger partial charge in [0.2, 0.25) is 0 Å². The fraction of sp³-hybridized carbons (Fsp3) is 0.455. The number of benzene rings is 1. The van der Waals surface area contributed by atoms with Crippen LogP contribution in [0.5, 0.6) is 5.75 Å². The van der Waals surface area contributed by atoms with Gasteiger partial charge in [-0.2, -0.15) is 5.10 Å². The first kappa shape index (κ1) is 18.8. The molecule has 1 saturated heterocycles. The van der Waals surface area contributed by atoms with Gasteiger partial charge in [-0.15, -0.1) is 10.2 Å². The van der Waals surface area contributed by atoms with Gasteiger partial charge in [-0.25, -0.2) is 0 Å². The molecular weight excluding hydrogens is 380 g/mol. The van der Waals surface area contributed by atoms with E-state index in [0.717, 1.165) is 48.8 Å². The number of ether oxygens (including phenoxy) is 1. The van der Waals surface area contributed by atoms with E-state index in [0.29, 0.717) is 12.1 Å². The lowest BCUT2D eigenvalue weighted by atomic mass is 9.62. The lowest BCUT2D eigenvalue weighted by Crippen LogP contribution is -2.38. The largest absolute Gasteiger partial charge is 0.497 e. The highest BCUT2D eigenvalue weighted by molar-refractivity contribution is 6.00. The number of H-pyrrole nitrogens is 1. The quantitative estimate of drug-likeness (QED) is 0.703. The van der Waals surface area contributed by atoms with Crippen molar-refractivity contribution < 1.29 is 9.53 Å². The van der Waals surface area contributed by atoms with Crippen molar-refractivity contribution in [1.82, 2.24) is 29.9 Å². The molecule has 1 amide bonds. The van der Waals surface area contributed by atoms with Gasteiger partial charge in [-0.3, -0.25) is 9.89 Å². The van der Waals surface area contributed by atoms with Crippen LogP contribution in [-0.4, -0.2) is 56.0 Å². The number of carbonyl (C=O) groups excluding carboxylic acids is 1. The van der Waals surface area contributed by atoms with Crippen LogP contribution in [0.1, 0.15) is 48.3 Å². The first-order chi connectivity index (χ1) is 14.6. The number of carbonyl (C=O) groups is 1. The van der Waals surface area contributed by atoms with Gasteiger partial charge >= 0.3 is 0 Å². The Morgan fingerprint density at radius 1 is 1.30 bits per heavy atom. The molecule has 2 aromatic heterocycles. The summed E-state index contributed by atoms with van der Waals surface area (Å²) in [5, 5.41) is 15.7. The Hall–Kier alpha value is -3.16. The Balaban J connectivity index is 1.43. The van der Waals surface area contributed by atoms with Crippen LogP contribution in [0.4, 0.5) is 0 Å². The van der Waals surface area contributed by atoms with Crippen molar-refractivity contribution in [3.63, 3.8) is 0 Å². The van der Waals surface area contributed by atoms with Crippen LogP contribution in [0.25, 0.3) is 11.3 Å². The van der Waals surface area contributed by atoms with Gasteiger partial charge in [0.05, 0.1) is 24.6 Å². The number of aromatic amines is 1. The summed E-state index contributed by atoms with van der Waals surface area (Å²) < 4.78 is 7.35. The average Bonchev–Trinajstić information content (AvgIpc) is 3.49. The number of likely N-dealkylation sites (tertiary alicyclic amines) is 1. The van der Waals surface area contributed by atoms with Crippen molar-refractivity contribution in [2.24, 2.45) is 5.41 Å². The van der Waals surface area contributed by atoms with Crippen LogP contribution >= 0.6 is 0 Å². The molecule has 1 aliphatic heterocycles. The Bertz CT molecular complexity index is 1050. The fourth-order valence-corrected chi connectivity index (χ4v) is 4.99. The Morgan fingerprint density at radius 2 is 2.10 bits per heavy atom. The second-order valence-electron chi connectivity index (χ2n) is 8.32. The molecule has 8 heteroatoms. The molecule has 3 heterocycles. The third-order valence-corrected chi connectivity index (χ3v) is 6.83. The molecule has 2 fully saturated rings. The van der Waals surface area contributed by atoms with Crippen LogP contribution in [0.3, 0.4) is 0 Å². The van der Waals surface area contributed by atoms with Crippen molar-refractivity contribution in [3.8, 4) is 17.0 Å². The van der Waals surface area contributed by atoms with E-state index >= 15 is 0 Å². The fourth-order valence-electron chi connectivity index (χ4n) is 4.99. The molecule has 156 valence electrons.